The SMILES string of the molecule is CN(Cc1nccn1C)S(=O)(=O)c1cc(CO)n(C)c1. The molecule has 0 aliphatic rings. The monoisotopic (exact) mass is 298 g/mol. The molecule has 0 atom stereocenters. The van der Waals surface area contributed by atoms with E-state index in [1.807, 2.05) is 7.05 Å². The van der Waals surface area contributed by atoms with Gasteiger partial charge >= 0.3 is 0 Å². The molecule has 0 aliphatic heterocycles. The Morgan fingerprint density at radius 2 is 2.05 bits per heavy atom. The van der Waals surface area contributed by atoms with Crippen LogP contribution in [-0.4, -0.2) is 39.0 Å². The summed E-state index contributed by atoms with van der Waals surface area (Å²) >= 11 is 0. The molecule has 0 saturated heterocycles. The molecule has 2 aromatic rings. The largest absolute Gasteiger partial charge is 0.390 e. The summed E-state index contributed by atoms with van der Waals surface area (Å²) in [6, 6.07) is 1.48. The standard InChI is InChI=1S/C12H18N4O3S/c1-14-5-4-13-12(14)8-16(3)20(18,19)11-6-10(9-17)15(2)7-11/h4-7,17H,8-9H2,1-3H3. The molecule has 110 valence electrons. The van der Waals surface area contributed by atoms with Crippen molar-refractivity contribution in [1.29, 1.82) is 0 Å². The quantitative estimate of drug-likeness (QED) is 0.847. The highest BCUT2D eigenvalue weighted by molar-refractivity contribution is 7.89. The summed E-state index contributed by atoms with van der Waals surface area (Å²) in [5.41, 5.74) is 0.550. The maximum atomic E-state index is 12.4. The fourth-order valence-corrected chi connectivity index (χ4v) is 3.11. The highest BCUT2D eigenvalue weighted by Gasteiger charge is 2.24. The van der Waals surface area contributed by atoms with Gasteiger partial charge in [0.1, 0.15) is 10.7 Å². The van der Waals surface area contributed by atoms with Crippen LogP contribution >= 0.6 is 0 Å². The minimum atomic E-state index is -3.60. The summed E-state index contributed by atoms with van der Waals surface area (Å²) in [6.07, 6.45) is 4.89. The molecular formula is C12H18N4O3S. The van der Waals surface area contributed by atoms with Gasteiger partial charge in [0, 0.05) is 45.4 Å². The first-order chi connectivity index (χ1) is 9.36. The lowest BCUT2D eigenvalue weighted by Gasteiger charge is -2.15. The van der Waals surface area contributed by atoms with E-state index in [4.69, 9.17) is 5.11 Å². The van der Waals surface area contributed by atoms with Crippen molar-refractivity contribution < 1.29 is 13.5 Å². The second kappa shape index (κ2) is 5.39. The van der Waals surface area contributed by atoms with E-state index in [0.29, 0.717) is 11.5 Å². The molecule has 20 heavy (non-hydrogen) atoms. The summed E-state index contributed by atoms with van der Waals surface area (Å²) in [7, 11) is 1.43. The second-order valence-corrected chi connectivity index (χ2v) is 6.70. The van der Waals surface area contributed by atoms with Gasteiger partial charge < -0.3 is 14.2 Å². The van der Waals surface area contributed by atoms with Gasteiger partial charge in [-0.05, 0) is 6.07 Å². The number of sulfonamides is 1. The molecule has 0 fully saturated rings. The van der Waals surface area contributed by atoms with E-state index in [1.54, 1.807) is 28.6 Å². The van der Waals surface area contributed by atoms with Crippen LogP contribution in [0.3, 0.4) is 0 Å². The third-order valence-electron chi connectivity index (χ3n) is 3.24. The number of nitrogens with zero attached hydrogens (tertiary/aromatic N) is 4. The van der Waals surface area contributed by atoms with Crippen molar-refractivity contribution in [3.05, 3.63) is 36.2 Å². The third kappa shape index (κ3) is 2.62. The van der Waals surface area contributed by atoms with Gasteiger partial charge in [0.2, 0.25) is 10.0 Å². The molecule has 2 heterocycles. The fraction of sp³-hybridized carbons (Fsp3) is 0.417. The molecular weight excluding hydrogens is 280 g/mol. The summed E-state index contributed by atoms with van der Waals surface area (Å²) in [5, 5.41) is 9.14. The minimum absolute atomic E-state index is 0.167. The van der Waals surface area contributed by atoms with E-state index in [0.717, 1.165) is 0 Å². The number of hydrogen-bond acceptors (Lipinski definition) is 4. The zero-order valence-electron chi connectivity index (χ0n) is 11.7. The van der Waals surface area contributed by atoms with Crippen LogP contribution in [0.2, 0.25) is 0 Å². The van der Waals surface area contributed by atoms with Gasteiger partial charge in [-0.3, -0.25) is 0 Å². The number of rotatable bonds is 5. The van der Waals surface area contributed by atoms with Crippen LogP contribution in [0.15, 0.2) is 29.6 Å². The summed E-state index contributed by atoms with van der Waals surface area (Å²) in [5.74, 6) is 0.661. The lowest BCUT2D eigenvalue weighted by molar-refractivity contribution is 0.272. The normalized spacial score (nSPS) is 12.2. The highest BCUT2D eigenvalue weighted by Crippen LogP contribution is 2.18. The maximum Gasteiger partial charge on any atom is 0.244 e. The van der Waals surface area contributed by atoms with Crippen molar-refractivity contribution in [1.82, 2.24) is 18.4 Å². The smallest absolute Gasteiger partial charge is 0.244 e. The van der Waals surface area contributed by atoms with Gasteiger partial charge in [0.25, 0.3) is 0 Å². The lowest BCUT2D eigenvalue weighted by atomic mass is 10.5. The Kier molecular flexibility index (Phi) is 3.98. The van der Waals surface area contributed by atoms with Crippen LogP contribution in [-0.2, 0) is 37.3 Å². The Labute approximate surface area is 118 Å². The third-order valence-corrected chi connectivity index (χ3v) is 5.01. The molecule has 0 radical (unpaired) electrons. The van der Waals surface area contributed by atoms with E-state index >= 15 is 0 Å². The molecule has 7 nitrogen and oxygen atoms in total. The summed E-state index contributed by atoms with van der Waals surface area (Å²) < 4.78 is 29.5. The first-order valence-electron chi connectivity index (χ1n) is 6.05. The molecule has 0 bridgehead atoms. The van der Waals surface area contributed by atoms with Crippen molar-refractivity contribution in [3.63, 3.8) is 0 Å². The minimum Gasteiger partial charge on any atom is -0.390 e. The van der Waals surface area contributed by atoms with Gasteiger partial charge in [0.15, 0.2) is 0 Å². The molecule has 2 rings (SSSR count). The number of aryl methyl sites for hydroxylation is 2. The maximum absolute atomic E-state index is 12.4. The molecule has 2 aromatic heterocycles. The van der Waals surface area contributed by atoms with Gasteiger partial charge in [-0.1, -0.05) is 0 Å². The molecule has 1 N–H and O–H groups in total. The lowest BCUT2D eigenvalue weighted by Crippen LogP contribution is -2.27. The van der Waals surface area contributed by atoms with E-state index in [9.17, 15) is 8.42 Å². The van der Waals surface area contributed by atoms with Crippen LogP contribution in [0.5, 0.6) is 0 Å². The predicted octanol–water partition coefficient (Wildman–Crippen LogP) is 0.0716. The number of aliphatic hydroxyl groups is 1. The molecule has 0 unspecified atom stereocenters. The summed E-state index contributed by atoms with van der Waals surface area (Å²) in [4.78, 5) is 4.28. The van der Waals surface area contributed by atoms with E-state index in [-0.39, 0.29) is 18.0 Å². The van der Waals surface area contributed by atoms with Crippen LogP contribution in [0, 0.1) is 0 Å². The Morgan fingerprint density at radius 3 is 2.55 bits per heavy atom. The summed E-state index contributed by atoms with van der Waals surface area (Å²) in [6.45, 7) is -0.00964. The van der Waals surface area contributed by atoms with Crippen LogP contribution in [0.25, 0.3) is 0 Å². The van der Waals surface area contributed by atoms with Crippen molar-refractivity contribution in [2.75, 3.05) is 7.05 Å². The molecule has 0 saturated carbocycles. The molecule has 0 aromatic carbocycles. The average Bonchev–Trinajstić information content (AvgIpc) is 2.96. The van der Waals surface area contributed by atoms with Crippen molar-refractivity contribution in [2.45, 2.75) is 18.0 Å². The van der Waals surface area contributed by atoms with E-state index in [2.05, 4.69) is 4.98 Å². The molecule has 0 aliphatic carbocycles. The van der Waals surface area contributed by atoms with Crippen LogP contribution < -0.4 is 0 Å². The predicted molar refractivity (Wildman–Crippen MR) is 73.2 cm³/mol. The number of hydrogen-bond donors (Lipinski definition) is 1. The van der Waals surface area contributed by atoms with Crippen LogP contribution in [0.4, 0.5) is 0 Å². The van der Waals surface area contributed by atoms with Crippen molar-refractivity contribution in [3.8, 4) is 0 Å². The van der Waals surface area contributed by atoms with E-state index in [1.165, 1.54) is 23.6 Å². The highest BCUT2D eigenvalue weighted by atomic mass is 32.2. The Bertz CT molecular complexity index is 702. The molecule has 0 amide bonds. The first-order valence-corrected chi connectivity index (χ1v) is 7.49. The number of aliphatic hydroxyl groups excluding tert-OH is 1. The fourth-order valence-electron chi connectivity index (χ4n) is 1.89. The van der Waals surface area contributed by atoms with E-state index < -0.39 is 10.0 Å². The zero-order chi connectivity index (χ0) is 14.9. The Morgan fingerprint density at radius 1 is 1.35 bits per heavy atom. The van der Waals surface area contributed by atoms with Gasteiger partial charge in [-0.25, -0.2) is 13.4 Å². The van der Waals surface area contributed by atoms with Gasteiger partial charge in [-0.15, -0.1) is 0 Å². The number of aromatic nitrogens is 3. The molecule has 0 spiro atoms. The Hall–Kier alpha value is -1.64. The Balaban J connectivity index is 2.27. The molecule has 8 heteroatoms. The topological polar surface area (TPSA) is 80.4 Å². The van der Waals surface area contributed by atoms with Gasteiger partial charge in [0.05, 0.1) is 13.2 Å². The van der Waals surface area contributed by atoms with Crippen molar-refractivity contribution >= 4 is 10.0 Å². The van der Waals surface area contributed by atoms with Crippen LogP contribution in [0.1, 0.15) is 11.5 Å². The average molecular weight is 298 g/mol. The van der Waals surface area contributed by atoms with Gasteiger partial charge in [-0.2, -0.15) is 4.31 Å². The number of imidazole rings is 1. The van der Waals surface area contributed by atoms with Crippen molar-refractivity contribution in [2.24, 2.45) is 14.1 Å². The first kappa shape index (κ1) is 14.8. The zero-order valence-corrected chi connectivity index (χ0v) is 12.5. The second-order valence-electron chi connectivity index (χ2n) is 4.65.